The Morgan fingerprint density at radius 1 is 0.618 bits per heavy atom. The lowest BCUT2D eigenvalue weighted by atomic mass is 10.0. The summed E-state index contributed by atoms with van der Waals surface area (Å²) in [6.45, 7) is 38.8. The molecule has 1 heterocycles. The maximum Gasteiger partial charge on any atom is 0.0461 e. The highest BCUT2D eigenvalue weighted by atomic mass is 15.2. The minimum Gasteiger partial charge on any atom is -0.337 e. The van der Waals surface area contributed by atoms with Crippen LogP contribution in [0.15, 0.2) is 301 Å². The first-order chi connectivity index (χ1) is 43.5. The molecule has 6 aliphatic rings. The first kappa shape index (κ1) is 72.2. The molecule has 0 saturated heterocycles. The SMILES string of the molecule is C#C.C=C/C=C(\C=C(C)C)N(/C=C/Cn1c2c(c3c1=CCC=C(N(C1=CCC=C4CC=CC=CC4=C1)C1=CC(C)=CCC=C1)C=3)CC=C(N(/C=C/C)c1cccc(C)c1)C=C2)c1ccc2ccccc2c1.C=C1C=C(C)CC=CC1.C=CC.CC.CC.CC. The summed E-state index contributed by atoms with van der Waals surface area (Å²) >= 11 is 0. The van der Waals surface area contributed by atoms with E-state index >= 15 is 0 Å². The number of hydrogen-bond acceptors (Lipinski definition) is 3. The fourth-order valence-corrected chi connectivity index (χ4v) is 10.8. The number of fused-ring (bicyclic) bond motifs is 5. The van der Waals surface area contributed by atoms with Crippen LogP contribution >= 0.6 is 0 Å². The number of aromatic nitrogens is 1. The van der Waals surface area contributed by atoms with Crippen molar-refractivity contribution >= 4 is 40.4 Å². The van der Waals surface area contributed by atoms with Gasteiger partial charge in [-0.3, -0.25) is 0 Å². The van der Waals surface area contributed by atoms with Gasteiger partial charge >= 0.3 is 0 Å². The molecule has 10 rings (SSSR count). The predicted molar refractivity (Wildman–Crippen MR) is 398 cm³/mol. The minimum absolute atomic E-state index is 0.668. The third kappa shape index (κ3) is 20.9. The highest BCUT2D eigenvalue weighted by molar-refractivity contribution is 5.86. The van der Waals surface area contributed by atoms with Crippen LogP contribution < -0.4 is 20.4 Å². The van der Waals surface area contributed by atoms with Gasteiger partial charge in [0.25, 0.3) is 0 Å². The van der Waals surface area contributed by atoms with Crippen molar-refractivity contribution in [3.8, 4) is 12.8 Å². The Morgan fingerprint density at radius 3 is 2.06 bits per heavy atom. The smallest absolute Gasteiger partial charge is 0.0461 e. The molecule has 0 spiro atoms. The topological polar surface area (TPSA) is 14.7 Å². The van der Waals surface area contributed by atoms with Gasteiger partial charge in [-0.25, -0.2) is 0 Å². The third-order valence-electron chi connectivity index (χ3n) is 14.4. The standard InChI is InChI=1S/C65H64N4.C9H12.C3H6.3C2H6.C2H2/c1-7-20-56(42-48(3)4)67(58-34-33-52-24-13-14-26-53(52)45-58)40-19-41-68-64-32-18-31-61(47-63(64)62-37-35-55(36-38-65(62)68)66(39-8-2)57-29-16-22-50(6)43-57)69(59-28-15-12-21-49(5)44-59)60-30-17-27-51-23-10-9-11-25-54(51)46-60;1-8-5-3-4-6-9(2)7-8;1-3-2;4*1-2/h7-11,13-16,19-22,24-36,38-40,42-47H,1,12,17-18,23,37,41H2,2-6H3;3-4,7H,1,5-6H2,2H3;3H,1H2,2H3;3*1-2H3;1-2H/b39-8+,40-19+,56-20+;;;;;;. The first-order valence-electron chi connectivity index (χ1n) is 32.1. The largest absolute Gasteiger partial charge is 0.337 e. The van der Waals surface area contributed by atoms with Crippen LogP contribution in [0, 0.1) is 19.8 Å². The second-order valence-corrected chi connectivity index (χ2v) is 21.3. The molecule has 4 nitrogen and oxygen atoms in total. The molecule has 4 aromatic rings. The average molecular weight is 1180 g/mol. The number of benzene rings is 3. The number of allylic oxidation sites excluding steroid dienone is 30. The normalized spacial score (nSPS) is 15.2. The molecule has 89 heavy (non-hydrogen) atoms. The molecular formula is C85H102N4. The Kier molecular flexibility index (Phi) is 32.0. The zero-order valence-electron chi connectivity index (χ0n) is 56.2. The van der Waals surface area contributed by atoms with Crippen molar-refractivity contribution in [3.63, 3.8) is 0 Å². The molecule has 0 fully saturated rings. The van der Waals surface area contributed by atoms with Crippen LogP contribution in [0.25, 0.3) is 29.0 Å². The maximum atomic E-state index is 4.11. The Labute approximate surface area is 538 Å². The molecule has 0 bridgehead atoms. The van der Waals surface area contributed by atoms with Crippen molar-refractivity contribution in [3.05, 3.63) is 328 Å². The van der Waals surface area contributed by atoms with Crippen molar-refractivity contribution < 1.29 is 0 Å². The van der Waals surface area contributed by atoms with E-state index < -0.39 is 0 Å². The fraction of sp³-hybridized carbons (Fsp3) is 0.247. The van der Waals surface area contributed by atoms with Gasteiger partial charge in [-0.15, -0.1) is 19.4 Å². The molecule has 6 aliphatic carbocycles. The zero-order valence-corrected chi connectivity index (χ0v) is 56.2. The van der Waals surface area contributed by atoms with Crippen LogP contribution in [0.1, 0.15) is 138 Å². The summed E-state index contributed by atoms with van der Waals surface area (Å²) in [5, 5.41) is 4.92. The van der Waals surface area contributed by atoms with E-state index in [1.807, 2.05) is 54.5 Å². The van der Waals surface area contributed by atoms with Gasteiger partial charge in [0, 0.05) is 75.1 Å². The van der Waals surface area contributed by atoms with Crippen molar-refractivity contribution in [2.24, 2.45) is 0 Å². The van der Waals surface area contributed by atoms with Gasteiger partial charge in [0.1, 0.15) is 0 Å². The molecule has 0 saturated carbocycles. The summed E-state index contributed by atoms with van der Waals surface area (Å²) in [4.78, 5) is 7.10. The number of anilines is 2. The Morgan fingerprint density at radius 2 is 1.34 bits per heavy atom. The number of terminal acetylenes is 1. The van der Waals surface area contributed by atoms with Crippen LogP contribution in [0.3, 0.4) is 0 Å². The molecule has 0 radical (unpaired) electrons. The van der Waals surface area contributed by atoms with E-state index in [2.05, 4.69) is 318 Å². The molecule has 3 aromatic carbocycles. The monoisotopic (exact) mass is 1180 g/mol. The second-order valence-electron chi connectivity index (χ2n) is 21.3. The summed E-state index contributed by atoms with van der Waals surface area (Å²) in [6, 6.07) is 24.0. The van der Waals surface area contributed by atoms with Gasteiger partial charge in [0.05, 0.1) is 0 Å². The van der Waals surface area contributed by atoms with E-state index in [0.717, 1.165) is 67.7 Å². The average Bonchev–Trinajstić information content (AvgIpc) is 1.65. The maximum absolute atomic E-state index is 4.11. The minimum atomic E-state index is 0.668. The van der Waals surface area contributed by atoms with Crippen LogP contribution in [-0.4, -0.2) is 9.47 Å². The second kappa shape index (κ2) is 39.5. The van der Waals surface area contributed by atoms with Crippen LogP contribution in [-0.2, 0) is 13.0 Å². The summed E-state index contributed by atoms with van der Waals surface area (Å²) in [5.41, 5.74) is 19.5. The summed E-state index contributed by atoms with van der Waals surface area (Å²) in [5.74, 6) is 0. The number of nitrogens with zero attached hydrogens (tertiary/aromatic N) is 4. The molecular weight excluding hydrogens is 1080 g/mol. The lowest BCUT2D eigenvalue weighted by molar-refractivity contribution is 0.581. The van der Waals surface area contributed by atoms with E-state index in [0.29, 0.717) is 6.54 Å². The quantitative estimate of drug-likeness (QED) is 0.0753. The zero-order chi connectivity index (χ0) is 65.1. The highest BCUT2D eigenvalue weighted by Crippen LogP contribution is 2.34. The highest BCUT2D eigenvalue weighted by Gasteiger charge is 2.23. The Balaban J connectivity index is 0.000000742. The lowest BCUT2D eigenvalue weighted by Gasteiger charge is -2.29. The van der Waals surface area contributed by atoms with E-state index in [9.17, 15) is 0 Å². The Hall–Kier alpha value is -9.30. The fourth-order valence-electron chi connectivity index (χ4n) is 10.8. The molecule has 0 N–H and O–H groups in total. The third-order valence-corrected chi connectivity index (χ3v) is 14.4. The number of hydrogen-bond donors (Lipinski definition) is 0. The number of aryl methyl sites for hydroxylation is 1. The lowest BCUT2D eigenvalue weighted by Crippen LogP contribution is -2.31. The van der Waals surface area contributed by atoms with E-state index in [1.165, 1.54) is 88.7 Å². The van der Waals surface area contributed by atoms with Crippen molar-refractivity contribution in [1.82, 2.24) is 9.47 Å². The van der Waals surface area contributed by atoms with E-state index in [-0.39, 0.29) is 0 Å². The van der Waals surface area contributed by atoms with Crippen LogP contribution in [0.2, 0.25) is 0 Å². The molecule has 1 aromatic heterocycles. The van der Waals surface area contributed by atoms with Gasteiger partial charge in [-0.1, -0.05) is 223 Å². The van der Waals surface area contributed by atoms with Crippen molar-refractivity contribution in [2.75, 3.05) is 9.80 Å². The molecule has 0 unspecified atom stereocenters. The van der Waals surface area contributed by atoms with Crippen LogP contribution in [0.5, 0.6) is 0 Å². The van der Waals surface area contributed by atoms with Crippen LogP contribution in [0.4, 0.5) is 11.4 Å². The molecule has 0 atom stereocenters. The van der Waals surface area contributed by atoms with Gasteiger partial charge in [0.2, 0.25) is 0 Å². The van der Waals surface area contributed by atoms with Crippen molar-refractivity contribution in [2.45, 2.75) is 141 Å². The number of rotatable bonds is 13. The first-order valence-corrected chi connectivity index (χ1v) is 32.1. The summed E-state index contributed by atoms with van der Waals surface area (Å²) in [6.07, 6.45) is 77.4. The Bertz CT molecular complexity index is 3770. The van der Waals surface area contributed by atoms with E-state index in [4.69, 9.17) is 0 Å². The summed E-state index contributed by atoms with van der Waals surface area (Å²) in [7, 11) is 0. The molecule has 462 valence electrons. The van der Waals surface area contributed by atoms with Gasteiger partial charge in [0.15, 0.2) is 0 Å². The van der Waals surface area contributed by atoms with Gasteiger partial charge in [-0.2, -0.15) is 0 Å². The predicted octanol–water partition coefficient (Wildman–Crippen LogP) is 22.5. The van der Waals surface area contributed by atoms with Gasteiger partial charge in [-0.05, 0) is 205 Å². The van der Waals surface area contributed by atoms with E-state index in [1.54, 1.807) is 6.08 Å². The molecule has 4 heteroatoms. The molecule has 0 amide bonds. The van der Waals surface area contributed by atoms with Gasteiger partial charge < -0.3 is 19.3 Å². The van der Waals surface area contributed by atoms with Crippen molar-refractivity contribution in [1.29, 1.82) is 0 Å². The summed E-state index contributed by atoms with van der Waals surface area (Å²) < 4.78 is 2.53. The molecule has 0 aliphatic heterocycles.